The van der Waals surface area contributed by atoms with Gasteiger partial charge in [-0.05, 0) is 35.4 Å². The molecular weight excluding hydrogens is 328 g/mol. The van der Waals surface area contributed by atoms with E-state index in [0.717, 1.165) is 22.6 Å². The number of nitrogens with zero attached hydrogens (tertiary/aromatic N) is 1. The summed E-state index contributed by atoms with van der Waals surface area (Å²) in [6.45, 7) is 0.428. The quantitative estimate of drug-likeness (QED) is 0.844. The van der Waals surface area contributed by atoms with Crippen molar-refractivity contribution < 1.29 is 14.3 Å². The zero-order valence-corrected chi connectivity index (χ0v) is 14.9. The molecular formula is C21H22N2O3. The average Bonchev–Trinajstić information content (AvgIpc) is 3.08. The molecule has 0 radical (unpaired) electrons. The van der Waals surface area contributed by atoms with Crippen molar-refractivity contribution in [2.24, 2.45) is 5.92 Å². The first kappa shape index (κ1) is 17.7. The molecule has 0 bridgehead atoms. The van der Waals surface area contributed by atoms with Gasteiger partial charge in [0.1, 0.15) is 5.75 Å². The highest BCUT2D eigenvalue weighted by Crippen LogP contribution is 2.26. The van der Waals surface area contributed by atoms with Crippen LogP contribution < -0.4 is 15.0 Å². The molecule has 0 aliphatic carbocycles. The Kier molecular flexibility index (Phi) is 5.37. The van der Waals surface area contributed by atoms with Gasteiger partial charge >= 0.3 is 0 Å². The number of carbonyl (C=O) groups is 2. The summed E-state index contributed by atoms with van der Waals surface area (Å²) in [6, 6.07) is 15.6. The zero-order chi connectivity index (χ0) is 18.5. The number of benzene rings is 2. The van der Waals surface area contributed by atoms with Gasteiger partial charge in [-0.25, -0.2) is 0 Å². The van der Waals surface area contributed by atoms with Crippen LogP contribution in [-0.2, 0) is 9.59 Å². The third-order valence-corrected chi connectivity index (χ3v) is 4.51. The number of anilines is 1. The van der Waals surface area contributed by atoms with Crippen LogP contribution in [0.25, 0.3) is 12.2 Å². The summed E-state index contributed by atoms with van der Waals surface area (Å²) in [4.78, 5) is 25.6. The monoisotopic (exact) mass is 350 g/mol. The number of amides is 2. The molecule has 0 aromatic heterocycles. The van der Waals surface area contributed by atoms with Crippen LogP contribution in [0.2, 0.25) is 0 Å². The lowest BCUT2D eigenvalue weighted by molar-refractivity contribution is -0.125. The maximum absolute atomic E-state index is 12.2. The maximum Gasteiger partial charge on any atom is 0.227 e. The average molecular weight is 350 g/mol. The zero-order valence-electron chi connectivity index (χ0n) is 14.9. The Hall–Kier alpha value is -3.08. The maximum atomic E-state index is 12.2. The minimum absolute atomic E-state index is 0.0155. The standard InChI is InChI=1S/C21H22N2O3/c1-22-21(25)17-13-20(24)23(14-17)18-10-8-15(9-11-18)6-7-16-4-3-5-19(12-16)26-2/h3-12,17H,13-14H2,1-2H3,(H,22,25)/b7-6+/t17-/m0/s1. The fourth-order valence-corrected chi connectivity index (χ4v) is 3.04. The molecule has 1 fully saturated rings. The number of hydrogen-bond acceptors (Lipinski definition) is 3. The summed E-state index contributed by atoms with van der Waals surface area (Å²) in [5.41, 5.74) is 2.91. The Balaban J connectivity index is 1.69. The normalized spacial score (nSPS) is 16.9. The second kappa shape index (κ2) is 7.87. The smallest absolute Gasteiger partial charge is 0.227 e. The Bertz CT molecular complexity index is 827. The number of hydrogen-bond donors (Lipinski definition) is 1. The van der Waals surface area contributed by atoms with Gasteiger partial charge < -0.3 is 15.0 Å². The third kappa shape index (κ3) is 3.94. The second-order valence-corrected chi connectivity index (χ2v) is 6.22. The highest BCUT2D eigenvalue weighted by atomic mass is 16.5. The Morgan fingerprint density at radius 2 is 1.88 bits per heavy atom. The van der Waals surface area contributed by atoms with Crippen LogP contribution in [0, 0.1) is 5.92 Å². The number of nitrogens with one attached hydrogen (secondary N) is 1. The molecule has 5 nitrogen and oxygen atoms in total. The van der Waals surface area contributed by atoms with Crippen molar-refractivity contribution in [2.45, 2.75) is 6.42 Å². The lowest BCUT2D eigenvalue weighted by Gasteiger charge is -2.16. The first-order valence-electron chi connectivity index (χ1n) is 8.55. The molecule has 26 heavy (non-hydrogen) atoms. The molecule has 0 unspecified atom stereocenters. The third-order valence-electron chi connectivity index (χ3n) is 4.51. The molecule has 1 saturated heterocycles. The van der Waals surface area contributed by atoms with E-state index < -0.39 is 0 Å². The van der Waals surface area contributed by atoms with Crippen LogP contribution in [0.15, 0.2) is 48.5 Å². The van der Waals surface area contributed by atoms with Gasteiger partial charge in [0.15, 0.2) is 0 Å². The highest BCUT2D eigenvalue weighted by molar-refractivity contribution is 6.00. The lowest BCUT2D eigenvalue weighted by Crippen LogP contribution is -2.30. The van der Waals surface area contributed by atoms with Gasteiger partial charge in [-0.2, -0.15) is 0 Å². The highest BCUT2D eigenvalue weighted by Gasteiger charge is 2.34. The molecule has 1 aliphatic rings. The van der Waals surface area contributed by atoms with Crippen molar-refractivity contribution in [3.63, 3.8) is 0 Å². The second-order valence-electron chi connectivity index (χ2n) is 6.22. The minimum atomic E-state index is -0.278. The van der Waals surface area contributed by atoms with Gasteiger partial charge in [0.2, 0.25) is 11.8 Å². The molecule has 0 saturated carbocycles. The lowest BCUT2D eigenvalue weighted by atomic mass is 10.1. The van der Waals surface area contributed by atoms with Crippen molar-refractivity contribution in [1.29, 1.82) is 0 Å². The molecule has 0 spiro atoms. The van der Waals surface area contributed by atoms with Gasteiger partial charge in [-0.1, -0.05) is 36.4 Å². The Morgan fingerprint density at radius 1 is 1.15 bits per heavy atom. The van der Waals surface area contributed by atoms with E-state index in [1.165, 1.54) is 0 Å². The molecule has 2 aromatic carbocycles. The number of rotatable bonds is 5. The minimum Gasteiger partial charge on any atom is -0.497 e. The summed E-state index contributed by atoms with van der Waals surface area (Å²) in [6.07, 6.45) is 4.29. The van der Waals surface area contributed by atoms with Gasteiger partial charge in [-0.3, -0.25) is 9.59 Å². The predicted octanol–water partition coefficient (Wildman–Crippen LogP) is 2.96. The van der Waals surface area contributed by atoms with Crippen LogP contribution in [0.5, 0.6) is 5.75 Å². The molecule has 1 atom stereocenters. The Labute approximate surface area is 153 Å². The van der Waals surface area contributed by atoms with E-state index in [-0.39, 0.29) is 24.2 Å². The molecule has 5 heteroatoms. The van der Waals surface area contributed by atoms with Crippen LogP contribution >= 0.6 is 0 Å². The summed E-state index contributed by atoms with van der Waals surface area (Å²) in [7, 11) is 3.24. The molecule has 1 aliphatic heterocycles. The summed E-state index contributed by atoms with van der Waals surface area (Å²) < 4.78 is 5.22. The van der Waals surface area contributed by atoms with E-state index in [4.69, 9.17) is 4.74 Å². The number of methoxy groups -OCH3 is 1. The molecule has 3 rings (SSSR count). The van der Waals surface area contributed by atoms with Gasteiger partial charge in [0, 0.05) is 25.7 Å². The SMILES string of the molecule is CNC(=O)[C@H]1CC(=O)N(c2ccc(/C=C/c3cccc(OC)c3)cc2)C1. The van der Waals surface area contributed by atoms with Crippen molar-refractivity contribution in [2.75, 3.05) is 25.6 Å². The summed E-state index contributed by atoms with van der Waals surface area (Å²) in [5.74, 6) is 0.442. The topological polar surface area (TPSA) is 58.6 Å². The fraction of sp³-hybridized carbons (Fsp3) is 0.238. The van der Waals surface area contributed by atoms with Gasteiger partial charge in [0.25, 0.3) is 0 Å². The predicted molar refractivity (Wildman–Crippen MR) is 103 cm³/mol. The van der Waals surface area contributed by atoms with Crippen LogP contribution in [0.4, 0.5) is 5.69 Å². The summed E-state index contributed by atoms with van der Waals surface area (Å²) in [5, 5.41) is 2.61. The van der Waals surface area contributed by atoms with Crippen LogP contribution in [0.3, 0.4) is 0 Å². The van der Waals surface area contributed by atoms with Crippen molar-refractivity contribution in [3.05, 3.63) is 59.7 Å². The van der Waals surface area contributed by atoms with E-state index in [0.29, 0.717) is 6.54 Å². The van der Waals surface area contributed by atoms with Crippen LogP contribution in [-0.4, -0.2) is 32.5 Å². The van der Waals surface area contributed by atoms with E-state index in [1.54, 1.807) is 19.1 Å². The molecule has 134 valence electrons. The fourth-order valence-electron chi connectivity index (χ4n) is 3.04. The first-order valence-corrected chi connectivity index (χ1v) is 8.55. The van der Waals surface area contributed by atoms with E-state index in [2.05, 4.69) is 5.32 Å². The molecule has 2 aromatic rings. The molecule has 1 heterocycles. The Morgan fingerprint density at radius 3 is 2.58 bits per heavy atom. The van der Waals surface area contributed by atoms with Crippen LogP contribution in [0.1, 0.15) is 17.5 Å². The largest absolute Gasteiger partial charge is 0.497 e. The van der Waals surface area contributed by atoms with Gasteiger partial charge in [0.05, 0.1) is 13.0 Å². The first-order chi connectivity index (χ1) is 12.6. The number of carbonyl (C=O) groups excluding carboxylic acids is 2. The summed E-state index contributed by atoms with van der Waals surface area (Å²) >= 11 is 0. The van der Waals surface area contributed by atoms with E-state index in [9.17, 15) is 9.59 Å². The molecule has 2 amide bonds. The van der Waals surface area contributed by atoms with Crippen molar-refractivity contribution >= 4 is 29.7 Å². The van der Waals surface area contributed by atoms with Crippen molar-refractivity contribution in [1.82, 2.24) is 5.32 Å². The molecule has 1 N–H and O–H groups in total. The van der Waals surface area contributed by atoms with Crippen molar-refractivity contribution in [3.8, 4) is 5.75 Å². The van der Waals surface area contributed by atoms with E-state index in [1.807, 2.05) is 60.7 Å². The van der Waals surface area contributed by atoms with Gasteiger partial charge in [-0.15, -0.1) is 0 Å². The number of ether oxygens (including phenoxy) is 1. The van der Waals surface area contributed by atoms with E-state index >= 15 is 0 Å².